The van der Waals surface area contributed by atoms with Crippen LogP contribution in [0.1, 0.15) is 24.5 Å². The van der Waals surface area contributed by atoms with Crippen LogP contribution in [0.5, 0.6) is 0 Å². The summed E-state index contributed by atoms with van der Waals surface area (Å²) in [6.45, 7) is 8.28. The van der Waals surface area contributed by atoms with Gasteiger partial charge in [-0.15, -0.1) is 0 Å². The molecular weight excluding hydrogens is 460 g/mol. The van der Waals surface area contributed by atoms with Crippen LogP contribution in [-0.2, 0) is 24.5 Å². The van der Waals surface area contributed by atoms with E-state index in [0.717, 1.165) is 63.5 Å². The molecule has 36 heavy (non-hydrogen) atoms. The van der Waals surface area contributed by atoms with Gasteiger partial charge in [-0.3, -0.25) is 9.69 Å². The summed E-state index contributed by atoms with van der Waals surface area (Å²) >= 11 is 0. The Morgan fingerprint density at radius 3 is 1.89 bits per heavy atom. The molecule has 2 aliphatic heterocycles. The van der Waals surface area contributed by atoms with Gasteiger partial charge in [-0.1, -0.05) is 60.7 Å². The summed E-state index contributed by atoms with van der Waals surface area (Å²) in [5, 5.41) is 15.6. The van der Waals surface area contributed by atoms with E-state index in [1.54, 1.807) is 0 Å². The molecule has 0 aromatic heterocycles. The topological polar surface area (TPSA) is 107 Å². The first-order valence-corrected chi connectivity index (χ1v) is 12.2. The van der Waals surface area contributed by atoms with Crippen molar-refractivity contribution in [2.75, 3.05) is 45.9 Å². The lowest BCUT2D eigenvalue weighted by molar-refractivity contribution is -0.134. The third-order valence-corrected chi connectivity index (χ3v) is 6.78. The Hall–Kier alpha value is -3.49. The molecule has 0 spiro atoms. The van der Waals surface area contributed by atoms with E-state index in [1.165, 1.54) is 0 Å². The van der Waals surface area contributed by atoms with Crippen LogP contribution < -0.4 is 0 Å². The van der Waals surface area contributed by atoms with Crippen molar-refractivity contribution in [2.24, 2.45) is 5.92 Å². The summed E-state index contributed by atoms with van der Waals surface area (Å²) in [5.41, 5.74) is 1.65. The van der Waals surface area contributed by atoms with Gasteiger partial charge in [0.1, 0.15) is 5.41 Å². The number of likely N-dealkylation sites (N-methyl/N-ethyl adjacent to an activating group) is 1. The number of amides is 1. The molecule has 0 aliphatic carbocycles. The van der Waals surface area contributed by atoms with E-state index in [4.69, 9.17) is 14.9 Å². The SMILES string of the molecule is CCN1C[C@H](CCN2CCOCC2)C(c2ccccc2)(c2ccccc2)C1=O.O=C(O)/C=C\C(=O)O. The highest BCUT2D eigenvalue weighted by atomic mass is 16.5. The highest BCUT2D eigenvalue weighted by Gasteiger charge is 2.55. The molecule has 2 heterocycles. The first-order chi connectivity index (χ1) is 17.4. The maximum absolute atomic E-state index is 13.8. The van der Waals surface area contributed by atoms with Crippen molar-refractivity contribution in [1.82, 2.24) is 9.80 Å². The zero-order valence-corrected chi connectivity index (χ0v) is 20.6. The van der Waals surface area contributed by atoms with Crippen LogP contribution in [0, 0.1) is 5.92 Å². The highest BCUT2D eigenvalue weighted by molar-refractivity contribution is 5.95. The molecule has 2 aromatic carbocycles. The van der Waals surface area contributed by atoms with Crippen molar-refractivity contribution in [1.29, 1.82) is 0 Å². The normalized spacial score (nSPS) is 19.6. The molecule has 2 aromatic rings. The minimum atomic E-state index is -1.26. The van der Waals surface area contributed by atoms with Crippen LogP contribution in [-0.4, -0.2) is 83.8 Å². The van der Waals surface area contributed by atoms with Crippen molar-refractivity contribution in [3.8, 4) is 0 Å². The fourth-order valence-electron chi connectivity index (χ4n) is 5.08. The molecule has 2 fully saturated rings. The molecule has 1 amide bonds. The minimum absolute atomic E-state index is 0.249. The van der Waals surface area contributed by atoms with Crippen molar-refractivity contribution in [3.63, 3.8) is 0 Å². The number of carbonyl (C=O) groups excluding carboxylic acids is 1. The summed E-state index contributed by atoms with van der Waals surface area (Å²) in [6.07, 6.45) is 2.12. The number of carbonyl (C=O) groups is 3. The molecule has 192 valence electrons. The van der Waals surface area contributed by atoms with E-state index in [1.807, 2.05) is 17.0 Å². The molecule has 8 heteroatoms. The second-order valence-corrected chi connectivity index (χ2v) is 8.83. The first-order valence-electron chi connectivity index (χ1n) is 12.2. The molecule has 1 atom stereocenters. The Labute approximate surface area is 211 Å². The van der Waals surface area contributed by atoms with E-state index >= 15 is 0 Å². The van der Waals surface area contributed by atoms with Gasteiger partial charge in [0, 0.05) is 44.2 Å². The first kappa shape index (κ1) is 27.1. The maximum atomic E-state index is 13.8. The molecule has 0 unspecified atom stereocenters. The molecule has 0 saturated carbocycles. The number of hydrogen-bond donors (Lipinski definition) is 2. The third-order valence-electron chi connectivity index (χ3n) is 6.78. The van der Waals surface area contributed by atoms with Gasteiger partial charge >= 0.3 is 11.9 Å². The number of aliphatic carboxylic acids is 2. The van der Waals surface area contributed by atoms with Gasteiger partial charge in [-0.25, -0.2) is 9.59 Å². The van der Waals surface area contributed by atoms with Crippen LogP contribution in [0.3, 0.4) is 0 Å². The zero-order valence-electron chi connectivity index (χ0n) is 20.6. The standard InChI is InChI=1S/C24H30N2O2.C4H4O4/c1-2-26-19-22(13-14-25-15-17-28-18-16-25)24(23(26)27,20-9-5-3-6-10-20)21-11-7-4-8-12-21;5-3(6)1-2-4(7)8/h3-12,22H,2,13-19H2,1H3;1-2H,(H,5,6)(H,7,8)/b;2-1-/t22-;/m0./s1. The summed E-state index contributed by atoms with van der Waals surface area (Å²) in [7, 11) is 0. The summed E-state index contributed by atoms with van der Waals surface area (Å²) < 4.78 is 5.50. The number of rotatable bonds is 8. The van der Waals surface area contributed by atoms with Crippen molar-refractivity contribution < 1.29 is 29.3 Å². The van der Waals surface area contributed by atoms with E-state index in [-0.39, 0.29) is 11.8 Å². The summed E-state index contributed by atoms with van der Waals surface area (Å²) in [5.74, 6) is -2.01. The lowest BCUT2D eigenvalue weighted by Crippen LogP contribution is -2.43. The van der Waals surface area contributed by atoms with Gasteiger partial charge < -0.3 is 19.8 Å². The predicted octanol–water partition coefficient (Wildman–Crippen LogP) is 2.89. The summed E-state index contributed by atoms with van der Waals surface area (Å²) in [4.78, 5) is 37.4. The van der Waals surface area contributed by atoms with Crippen LogP contribution in [0.4, 0.5) is 0 Å². The quantitative estimate of drug-likeness (QED) is 0.544. The second-order valence-electron chi connectivity index (χ2n) is 8.83. The molecular formula is C28H34N2O6. The third kappa shape index (κ3) is 6.38. The van der Waals surface area contributed by atoms with E-state index < -0.39 is 17.4 Å². The number of morpholine rings is 1. The molecule has 2 saturated heterocycles. The number of nitrogens with zero attached hydrogens (tertiary/aromatic N) is 2. The number of benzene rings is 2. The fourth-order valence-corrected chi connectivity index (χ4v) is 5.08. The number of ether oxygens (including phenoxy) is 1. The smallest absolute Gasteiger partial charge is 0.328 e. The van der Waals surface area contributed by atoms with Gasteiger partial charge in [0.05, 0.1) is 13.2 Å². The molecule has 2 aliphatic rings. The van der Waals surface area contributed by atoms with Crippen LogP contribution >= 0.6 is 0 Å². The minimum Gasteiger partial charge on any atom is -0.478 e. The highest BCUT2D eigenvalue weighted by Crippen LogP contribution is 2.47. The van der Waals surface area contributed by atoms with Crippen LogP contribution in [0.2, 0.25) is 0 Å². The van der Waals surface area contributed by atoms with Crippen LogP contribution in [0.15, 0.2) is 72.8 Å². The van der Waals surface area contributed by atoms with E-state index in [0.29, 0.717) is 12.2 Å². The molecule has 0 radical (unpaired) electrons. The van der Waals surface area contributed by atoms with Crippen LogP contribution in [0.25, 0.3) is 0 Å². The van der Waals surface area contributed by atoms with Gasteiger partial charge in [0.15, 0.2) is 0 Å². The number of hydrogen-bond acceptors (Lipinski definition) is 5. The second kappa shape index (κ2) is 13.0. The number of carboxylic acid groups (broad SMARTS) is 2. The van der Waals surface area contributed by atoms with Crippen molar-refractivity contribution in [3.05, 3.63) is 83.9 Å². The Kier molecular flexibility index (Phi) is 9.78. The lowest BCUT2D eigenvalue weighted by Gasteiger charge is -2.36. The average Bonchev–Trinajstić information content (AvgIpc) is 3.20. The zero-order chi connectivity index (χ0) is 26.0. The monoisotopic (exact) mass is 494 g/mol. The number of carboxylic acids is 2. The van der Waals surface area contributed by atoms with Crippen molar-refractivity contribution in [2.45, 2.75) is 18.8 Å². The van der Waals surface area contributed by atoms with Crippen molar-refractivity contribution >= 4 is 17.8 Å². The van der Waals surface area contributed by atoms with Gasteiger partial charge in [0.25, 0.3) is 0 Å². The van der Waals surface area contributed by atoms with E-state index in [9.17, 15) is 14.4 Å². The predicted molar refractivity (Wildman–Crippen MR) is 136 cm³/mol. The average molecular weight is 495 g/mol. The van der Waals surface area contributed by atoms with Gasteiger partial charge in [-0.05, 0) is 31.0 Å². The Balaban J connectivity index is 0.000000392. The fraction of sp³-hybridized carbons (Fsp3) is 0.393. The number of likely N-dealkylation sites (tertiary alicyclic amines) is 1. The molecule has 0 bridgehead atoms. The molecule has 2 N–H and O–H groups in total. The summed E-state index contributed by atoms with van der Waals surface area (Å²) in [6, 6.07) is 20.8. The van der Waals surface area contributed by atoms with Gasteiger partial charge in [0.2, 0.25) is 5.91 Å². The largest absolute Gasteiger partial charge is 0.478 e. The molecule has 8 nitrogen and oxygen atoms in total. The Bertz CT molecular complexity index is 979. The van der Waals surface area contributed by atoms with Gasteiger partial charge in [-0.2, -0.15) is 0 Å². The Morgan fingerprint density at radius 1 is 0.944 bits per heavy atom. The van der Waals surface area contributed by atoms with E-state index in [2.05, 4.69) is 60.4 Å². The molecule has 4 rings (SSSR count). The lowest BCUT2D eigenvalue weighted by atomic mass is 9.66. The Morgan fingerprint density at radius 2 is 1.44 bits per heavy atom. The maximum Gasteiger partial charge on any atom is 0.328 e.